The van der Waals surface area contributed by atoms with Crippen molar-refractivity contribution in [1.82, 2.24) is 10.3 Å². The van der Waals surface area contributed by atoms with Crippen LogP contribution in [0.15, 0.2) is 65.8 Å². The summed E-state index contributed by atoms with van der Waals surface area (Å²) >= 11 is 0. The Morgan fingerprint density at radius 1 is 1.11 bits per heavy atom. The molecule has 2 heterocycles. The third-order valence-corrected chi connectivity index (χ3v) is 7.22. The van der Waals surface area contributed by atoms with E-state index in [2.05, 4.69) is 10.5 Å². The topological polar surface area (TPSA) is 114 Å². The fourth-order valence-corrected chi connectivity index (χ4v) is 4.79. The molecule has 8 heteroatoms. The lowest BCUT2D eigenvalue weighted by atomic mass is 9.72. The van der Waals surface area contributed by atoms with Crippen LogP contribution in [0.4, 0.5) is 0 Å². The summed E-state index contributed by atoms with van der Waals surface area (Å²) in [6.07, 6.45) is 0.919. The Morgan fingerprint density at radius 3 is 2.37 bits per heavy atom. The van der Waals surface area contributed by atoms with Gasteiger partial charge in [-0.15, -0.1) is 0 Å². The highest BCUT2D eigenvalue weighted by Gasteiger charge is 2.53. The summed E-state index contributed by atoms with van der Waals surface area (Å²) in [6, 6.07) is 19.3. The maximum atomic E-state index is 13.8. The second-order valence-electron chi connectivity index (χ2n) is 9.89. The molecule has 2 atom stereocenters. The lowest BCUT2D eigenvalue weighted by molar-refractivity contribution is -0.151. The molecule has 0 radical (unpaired) electrons. The molecule has 0 unspecified atom stereocenters. The summed E-state index contributed by atoms with van der Waals surface area (Å²) in [5, 5.41) is 4.29. The Kier molecular flexibility index (Phi) is 7.03. The van der Waals surface area contributed by atoms with Gasteiger partial charge in [-0.25, -0.2) is 5.43 Å². The molecule has 8 nitrogen and oxygen atoms in total. The van der Waals surface area contributed by atoms with Gasteiger partial charge in [0.2, 0.25) is 11.8 Å². The van der Waals surface area contributed by atoms with E-state index in [9.17, 15) is 14.4 Å². The standard InChI is InChI=1S/C27H32N4O4/c1-26(2,24(28)33)21(17-35-16-20-11-7-4-8-12-20)23(32)31-14-13-22-27(18-31,25(34)30-29-22)15-19-9-5-3-6-10-19/h3-12,21H,13-18H2,1-2H3,(H2,28,33)(H,30,34)/t21-,27-/m1/s1. The molecular formula is C27H32N4O4. The maximum absolute atomic E-state index is 13.8. The van der Waals surface area contributed by atoms with Crippen molar-refractivity contribution >= 4 is 23.4 Å². The average molecular weight is 477 g/mol. The molecule has 0 aromatic heterocycles. The van der Waals surface area contributed by atoms with Crippen LogP contribution >= 0.6 is 0 Å². The van der Waals surface area contributed by atoms with Crippen molar-refractivity contribution < 1.29 is 19.1 Å². The van der Waals surface area contributed by atoms with Gasteiger partial charge < -0.3 is 15.4 Å². The molecular weight excluding hydrogens is 444 g/mol. The van der Waals surface area contributed by atoms with Crippen LogP contribution in [-0.4, -0.2) is 48.0 Å². The van der Waals surface area contributed by atoms with Gasteiger partial charge in [-0.2, -0.15) is 5.10 Å². The molecule has 0 aliphatic carbocycles. The molecule has 35 heavy (non-hydrogen) atoms. The number of rotatable bonds is 9. The summed E-state index contributed by atoms with van der Waals surface area (Å²) in [4.78, 5) is 40.9. The summed E-state index contributed by atoms with van der Waals surface area (Å²) in [5.74, 6) is -1.82. The Bertz CT molecular complexity index is 1120. The van der Waals surface area contributed by atoms with Crippen molar-refractivity contribution in [1.29, 1.82) is 0 Å². The maximum Gasteiger partial charge on any atom is 0.254 e. The zero-order chi connectivity index (χ0) is 25.1. The van der Waals surface area contributed by atoms with Crippen molar-refractivity contribution in [3.05, 3.63) is 71.8 Å². The van der Waals surface area contributed by atoms with Gasteiger partial charge in [-0.05, 0) is 17.5 Å². The molecule has 0 saturated carbocycles. The number of piperidine rings is 1. The Hall–Kier alpha value is -3.52. The number of likely N-dealkylation sites (tertiary alicyclic amines) is 1. The highest BCUT2D eigenvalue weighted by Crippen LogP contribution is 2.37. The molecule has 2 aliphatic rings. The number of hydrogen-bond acceptors (Lipinski definition) is 5. The van der Waals surface area contributed by atoms with E-state index in [1.165, 1.54) is 0 Å². The van der Waals surface area contributed by atoms with Crippen LogP contribution in [0.25, 0.3) is 0 Å². The number of nitrogens with zero attached hydrogens (tertiary/aromatic N) is 2. The monoisotopic (exact) mass is 476 g/mol. The number of carbonyl (C=O) groups is 3. The van der Waals surface area contributed by atoms with E-state index in [1.807, 2.05) is 60.7 Å². The number of ether oxygens (including phenoxy) is 1. The third-order valence-electron chi connectivity index (χ3n) is 7.22. The third kappa shape index (κ3) is 4.98. The van der Waals surface area contributed by atoms with E-state index in [1.54, 1.807) is 18.7 Å². The van der Waals surface area contributed by atoms with E-state index in [0.717, 1.165) is 16.8 Å². The molecule has 2 aromatic rings. The lowest BCUT2D eigenvalue weighted by Gasteiger charge is -2.42. The van der Waals surface area contributed by atoms with E-state index < -0.39 is 22.7 Å². The molecule has 1 saturated heterocycles. The van der Waals surface area contributed by atoms with Gasteiger partial charge in [0.25, 0.3) is 5.91 Å². The number of nitrogens with one attached hydrogen (secondary N) is 1. The Morgan fingerprint density at radius 2 is 1.74 bits per heavy atom. The summed E-state index contributed by atoms with van der Waals surface area (Å²) in [5.41, 5.74) is 9.00. The zero-order valence-corrected chi connectivity index (χ0v) is 20.2. The van der Waals surface area contributed by atoms with E-state index in [0.29, 0.717) is 26.0 Å². The van der Waals surface area contributed by atoms with Crippen molar-refractivity contribution in [2.75, 3.05) is 19.7 Å². The van der Waals surface area contributed by atoms with E-state index in [4.69, 9.17) is 10.5 Å². The van der Waals surface area contributed by atoms with Crippen LogP contribution in [0, 0.1) is 16.7 Å². The Balaban J connectivity index is 1.55. The van der Waals surface area contributed by atoms with Gasteiger partial charge in [-0.1, -0.05) is 74.5 Å². The van der Waals surface area contributed by atoms with E-state index in [-0.39, 0.29) is 25.0 Å². The summed E-state index contributed by atoms with van der Waals surface area (Å²) in [7, 11) is 0. The second-order valence-corrected chi connectivity index (χ2v) is 9.89. The van der Waals surface area contributed by atoms with Crippen LogP contribution in [0.5, 0.6) is 0 Å². The molecule has 184 valence electrons. The predicted octanol–water partition coefficient (Wildman–Crippen LogP) is 2.28. The minimum Gasteiger partial charge on any atom is -0.376 e. The number of benzene rings is 2. The van der Waals surface area contributed by atoms with Gasteiger partial charge in [0, 0.05) is 19.5 Å². The fraction of sp³-hybridized carbons (Fsp3) is 0.407. The second kappa shape index (κ2) is 10.00. The number of carbonyl (C=O) groups excluding carboxylic acids is 3. The number of primary amides is 1. The zero-order valence-electron chi connectivity index (χ0n) is 20.2. The van der Waals surface area contributed by atoms with Gasteiger partial charge in [-0.3, -0.25) is 14.4 Å². The molecule has 3 amide bonds. The van der Waals surface area contributed by atoms with Crippen LogP contribution < -0.4 is 11.2 Å². The first-order valence-corrected chi connectivity index (χ1v) is 11.9. The number of hydrazone groups is 1. The van der Waals surface area contributed by atoms with E-state index >= 15 is 0 Å². The van der Waals surface area contributed by atoms with Crippen LogP contribution in [0.3, 0.4) is 0 Å². The highest BCUT2D eigenvalue weighted by atomic mass is 16.5. The first-order chi connectivity index (χ1) is 16.7. The van der Waals surface area contributed by atoms with Crippen LogP contribution in [-0.2, 0) is 32.1 Å². The average Bonchev–Trinajstić information content (AvgIpc) is 3.17. The van der Waals surface area contributed by atoms with Crippen LogP contribution in [0.2, 0.25) is 0 Å². The number of hydrogen-bond donors (Lipinski definition) is 2. The minimum atomic E-state index is -1.13. The molecule has 2 aliphatic heterocycles. The summed E-state index contributed by atoms with van der Waals surface area (Å²) in [6.45, 7) is 4.30. The van der Waals surface area contributed by atoms with Gasteiger partial charge in [0.1, 0.15) is 5.41 Å². The fourth-order valence-electron chi connectivity index (χ4n) is 4.79. The number of fused-ring (bicyclic) bond motifs is 1. The van der Waals surface area contributed by atoms with Crippen LogP contribution in [0.1, 0.15) is 31.4 Å². The van der Waals surface area contributed by atoms with Crippen molar-refractivity contribution in [3.8, 4) is 0 Å². The quantitative estimate of drug-likeness (QED) is 0.578. The number of nitrogens with two attached hydrogens (primary N) is 1. The van der Waals surface area contributed by atoms with Gasteiger partial charge >= 0.3 is 0 Å². The molecule has 0 spiro atoms. The molecule has 2 aromatic carbocycles. The number of amides is 3. The summed E-state index contributed by atoms with van der Waals surface area (Å²) < 4.78 is 5.90. The Labute approximate surface area is 205 Å². The van der Waals surface area contributed by atoms with Crippen molar-refractivity contribution in [3.63, 3.8) is 0 Å². The van der Waals surface area contributed by atoms with Crippen molar-refractivity contribution in [2.45, 2.75) is 33.3 Å². The highest BCUT2D eigenvalue weighted by molar-refractivity contribution is 6.13. The smallest absolute Gasteiger partial charge is 0.254 e. The lowest BCUT2D eigenvalue weighted by Crippen LogP contribution is -2.58. The molecule has 3 N–H and O–H groups in total. The van der Waals surface area contributed by atoms with Gasteiger partial charge in [0.05, 0.1) is 30.3 Å². The largest absolute Gasteiger partial charge is 0.376 e. The molecule has 0 bridgehead atoms. The minimum absolute atomic E-state index is 0.0407. The predicted molar refractivity (Wildman–Crippen MR) is 132 cm³/mol. The first kappa shape index (κ1) is 24.6. The molecule has 1 fully saturated rings. The first-order valence-electron chi connectivity index (χ1n) is 11.9. The molecule has 4 rings (SSSR count). The van der Waals surface area contributed by atoms with Crippen molar-refractivity contribution in [2.24, 2.45) is 27.6 Å². The van der Waals surface area contributed by atoms with Gasteiger partial charge in [0.15, 0.2) is 0 Å². The normalized spacial score (nSPS) is 20.6. The SMILES string of the molecule is CC(C)(C(N)=O)[C@H](COCc1ccccc1)C(=O)N1CCC2=NNC(=O)[C@]2(Cc2ccccc2)C1.